The predicted octanol–water partition coefficient (Wildman–Crippen LogP) is -4.03. The number of aliphatic hydroxyl groups excluding tert-OH is 2. The number of aliphatic hydroxyl groups is 2. The number of thiocarbonyl (C=S) groups is 1. The standard InChI is InChI=1S/C13H24N6O7S/c1-5(21)9(15)11(27)19(2)18-10(23)6(3-8(14)22)16-13(26)17-7(4-20)12(24)25/h5-7,9,20-21H,3-4,15H2,1-2H3,(H2,14,22)(H,18,23)(H,24,25)(H2,16,17,26)/t5?,6-,7-,9-/m1/s1. The molecule has 0 saturated heterocycles. The number of nitrogens with one attached hydrogen (secondary N) is 3. The second kappa shape index (κ2) is 11.2. The van der Waals surface area contributed by atoms with Crippen molar-refractivity contribution >= 4 is 41.0 Å². The summed E-state index contributed by atoms with van der Waals surface area (Å²) in [6.45, 7) is 0.512. The van der Waals surface area contributed by atoms with Crippen LogP contribution in [0.25, 0.3) is 0 Å². The van der Waals surface area contributed by atoms with Gasteiger partial charge in [-0.25, -0.2) is 9.59 Å². The van der Waals surface area contributed by atoms with Gasteiger partial charge in [0.1, 0.15) is 11.0 Å². The minimum absolute atomic E-state index is 0.0214. The summed E-state index contributed by atoms with van der Waals surface area (Å²) < 4.78 is 0. The maximum atomic E-state index is 12.3. The second-order valence-electron chi connectivity index (χ2n) is 5.55. The molecule has 4 amide bonds. The molecule has 4 atom stereocenters. The number of amides is 4. The summed E-state index contributed by atoms with van der Waals surface area (Å²) in [7, 11) is 1.33. The van der Waals surface area contributed by atoms with E-state index in [9.17, 15) is 24.3 Å². The van der Waals surface area contributed by atoms with Crippen LogP contribution >= 0.6 is 12.2 Å². The molecule has 0 heterocycles. The largest absolute Gasteiger partial charge is 0.480 e. The Morgan fingerprint density at radius 3 is 2.11 bits per heavy atom. The van der Waals surface area contributed by atoms with Crippen molar-refractivity contribution in [1.29, 1.82) is 0 Å². The number of nitrogens with two attached hydrogens (primary N) is 2. The highest BCUT2D eigenvalue weighted by Gasteiger charge is 2.28. The first-order chi connectivity index (χ1) is 12.4. The molecule has 13 nitrogen and oxygen atoms in total. The molecule has 0 radical (unpaired) electrons. The van der Waals surface area contributed by atoms with E-state index in [0.29, 0.717) is 0 Å². The van der Waals surface area contributed by atoms with Crippen LogP contribution in [0.3, 0.4) is 0 Å². The first-order valence-electron chi connectivity index (χ1n) is 7.61. The van der Waals surface area contributed by atoms with Gasteiger partial charge < -0.3 is 37.4 Å². The zero-order chi connectivity index (χ0) is 21.3. The van der Waals surface area contributed by atoms with Crippen LogP contribution < -0.4 is 27.5 Å². The minimum atomic E-state index is -1.61. The number of rotatable bonds is 9. The van der Waals surface area contributed by atoms with Gasteiger partial charge in [0.25, 0.3) is 5.91 Å². The van der Waals surface area contributed by atoms with Gasteiger partial charge in [-0.3, -0.25) is 20.0 Å². The number of hydrogen-bond donors (Lipinski definition) is 8. The van der Waals surface area contributed by atoms with Crippen LogP contribution in [0, 0.1) is 0 Å². The summed E-state index contributed by atoms with van der Waals surface area (Å²) in [6.07, 6.45) is -1.59. The summed E-state index contributed by atoms with van der Waals surface area (Å²) in [5.41, 5.74) is 13.0. The first kappa shape index (κ1) is 24.5. The third-order valence-corrected chi connectivity index (χ3v) is 3.77. The van der Waals surface area contributed by atoms with Crippen LogP contribution in [0.2, 0.25) is 0 Å². The van der Waals surface area contributed by atoms with Gasteiger partial charge in [0.2, 0.25) is 5.91 Å². The topological polar surface area (TPSA) is 220 Å². The number of carbonyl (C=O) groups is 4. The Bertz CT molecular complexity index is 588. The fourth-order valence-corrected chi connectivity index (χ4v) is 1.92. The molecule has 154 valence electrons. The van der Waals surface area contributed by atoms with Crippen LogP contribution in [0.4, 0.5) is 4.79 Å². The predicted molar refractivity (Wildman–Crippen MR) is 95.9 cm³/mol. The monoisotopic (exact) mass is 408 g/mol. The third kappa shape index (κ3) is 8.59. The van der Waals surface area contributed by atoms with E-state index in [4.69, 9.17) is 33.9 Å². The number of carboxylic acids is 1. The molecule has 0 saturated carbocycles. The van der Waals surface area contributed by atoms with Crippen molar-refractivity contribution in [3.05, 3.63) is 0 Å². The molecule has 14 heteroatoms. The summed E-state index contributed by atoms with van der Waals surface area (Å²) in [5, 5.41) is 32.1. The normalized spacial score (nSPS) is 14.9. The van der Waals surface area contributed by atoms with E-state index in [-0.39, 0.29) is 4.99 Å². The molecule has 0 aromatic rings. The van der Waals surface area contributed by atoms with Crippen molar-refractivity contribution in [2.45, 2.75) is 37.6 Å². The number of nitrogens with zero attached hydrogens (tertiary/aromatic N) is 1. The number of aliphatic carboxylic acids is 1. The van der Waals surface area contributed by atoms with E-state index in [1.54, 1.807) is 0 Å². The van der Waals surface area contributed by atoms with Crippen LogP contribution in [0.5, 0.6) is 0 Å². The van der Waals surface area contributed by atoms with Gasteiger partial charge in [0, 0.05) is 7.05 Å². The smallest absolute Gasteiger partial charge is 0.328 e. The second-order valence-corrected chi connectivity index (χ2v) is 5.97. The average Bonchev–Trinajstić information content (AvgIpc) is 2.56. The number of carboxylic acid groups (broad SMARTS) is 1. The van der Waals surface area contributed by atoms with Crippen molar-refractivity contribution < 1.29 is 34.5 Å². The lowest BCUT2D eigenvalue weighted by molar-refractivity contribution is -0.140. The van der Waals surface area contributed by atoms with Gasteiger partial charge in [0.05, 0.1) is 25.2 Å². The number of hydrazine groups is 1. The van der Waals surface area contributed by atoms with Gasteiger partial charge in [0.15, 0.2) is 6.04 Å². The Morgan fingerprint density at radius 1 is 1.19 bits per heavy atom. The number of likely N-dealkylation sites (N-methyl/N-ethyl adjacent to an activating group) is 1. The molecule has 0 fully saturated rings. The van der Waals surface area contributed by atoms with Crippen LogP contribution in [0.1, 0.15) is 13.3 Å². The quantitative estimate of drug-likeness (QED) is 0.136. The molecule has 0 aliphatic rings. The van der Waals surface area contributed by atoms with Crippen molar-refractivity contribution in [2.24, 2.45) is 11.5 Å². The maximum absolute atomic E-state index is 12.3. The van der Waals surface area contributed by atoms with Gasteiger partial charge in [-0.1, -0.05) is 12.2 Å². The van der Waals surface area contributed by atoms with E-state index in [1.165, 1.54) is 14.0 Å². The fraction of sp³-hybridized carbons (Fsp3) is 0.615. The summed E-state index contributed by atoms with van der Waals surface area (Å²) >= 11 is 5.00. The molecular formula is C13H24N6O7S. The summed E-state index contributed by atoms with van der Waals surface area (Å²) in [4.78, 5) is 46.0. The SMILES string of the molecule is CC(O)[C@@H](N)C(=S)N(C)NC(=O)[C@@H](CC(N)=O)NC(=O)N[C@H](CO)C(=O)O. The van der Waals surface area contributed by atoms with Gasteiger partial charge in [-0.15, -0.1) is 0 Å². The zero-order valence-electron chi connectivity index (χ0n) is 14.7. The van der Waals surface area contributed by atoms with Crippen LogP contribution in [-0.2, 0) is 14.4 Å². The van der Waals surface area contributed by atoms with Gasteiger partial charge in [-0.05, 0) is 6.92 Å². The molecule has 0 bridgehead atoms. The molecule has 1 unspecified atom stereocenters. The lowest BCUT2D eigenvalue weighted by atomic mass is 10.2. The highest BCUT2D eigenvalue weighted by Crippen LogP contribution is 1.99. The van der Waals surface area contributed by atoms with E-state index in [1.807, 2.05) is 5.32 Å². The lowest BCUT2D eigenvalue weighted by Gasteiger charge is -2.28. The molecule has 0 rings (SSSR count). The molecule has 0 aliphatic carbocycles. The summed E-state index contributed by atoms with van der Waals surface area (Å²) in [5.74, 6) is -3.32. The molecule has 0 aromatic carbocycles. The number of hydrogen-bond acceptors (Lipinski definition) is 8. The summed E-state index contributed by atoms with van der Waals surface area (Å²) in [6, 6.07) is -5.16. The van der Waals surface area contributed by atoms with Crippen molar-refractivity contribution in [1.82, 2.24) is 21.1 Å². The highest BCUT2D eigenvalue weighted by molar-refractivity contribution is 7.80. The fourth-order valence-electron chi connectivity index (χ4n) is 1.68. The van der Waals surface area contributed by atoms with Crippen molar-refractivity contribution in [3.63, 3.8) is 0 Å². The zero-order valence-corrected chi connectivity index (χ0v) is 15.5. The van der Waals surface area contributed by atoms with Crippen molar-refractivity contribution in [3.8, 4) is 0 Å². The van der Waals surface area contributed by atoms with Crippen LogP contribution in [-0.4, -0.2) is 87.0 Å². The molecule has 0 aliphatic heterocycles. The lowest BCUT2D eigenvalue weighted by Crippen LogP contribution is -2.59. The average molecular weight is 408 g/mol. The van der Waals surface area contributed by atoms with E-state index < -0.39 is 61.1 Å². The van der Waals surface area contributed by atoms with E-state index in [2.05, 4.69) is 10.7 Å². The van der Waals surface area contributed by atoms with E-state index >= 15 is 0 Å². The Hall–Kier alpha value is -2.55. The minimum Gasteiger partial charge on any atom is -0.480 e. The number of primary amides is 1. The van der Waals surface area contributed by atoms with Gasteiger partial charge >= 0.3 is 12.0 Å². The number of carbonyl (C=O) groups excluding carboxylic acids is 3. The molecular weight excluding hydrogens is 384 g/mol. The Kier molecular flexibility index (Phi) is 10.2. The molecule has 27 heavy (non-hydrogen) atoms. The highest BCUT2D eigenvalue weighted by atomic mass is 32.1. The van der Waals surface area contributed by atoms with Crippen LogP contribution in [0.15, 0.2) is 0 Å². The Balaban J connectivity index is 5.05. The number of urea groups is 1. The van der Waals surface area contributed by atoms with Gasteiger partial charge in [-0.2, -0.15) is 0 Å². The molecule has 10 N–H and O–H groups in total. The van der Waals surface area contributed by atoms with Crippen molar-refractivity contribution in [2.75, 3.05) is 13.7 Å². The Labute approximate surface area is 160 Å². The molecule has 0 aromatic heterocycles. The van der Waals surface area contributed by atoms with E-state index in [0.717, 1.165) is 5.01 Å². The first-order valence-corrected chi connectivity index (χ1v) is 8.02. The Morgan fingerprint density at radius 2 is 1.70 bits per heavy atom. The maximum Gasteiger partial charge on any atom is 0.328 e. The molecule has 0 spiro atoms. The third-order valence-electron chi connectivity index (χ3n) is 3.23.